The summed E-state index contributed by atoms with van der Waals surface area (Å²) in [7, 11) is -4.07. The summed E-state index contributed by atoms with van der Waals surface area (Å²) >= 11 is 14.7. The SMILES string of the molecule is CSCCC(NS(=O)(=O)c1cc(Cl)ccc1Cl)C(=O)Nc1nnc(C(C)(C)C)s1. The third kappa shape index (κ3) is 6.80. The molecule has 1 aromatic heterocycles. The number of anilines is 1. The Kier molecular flexibility index (Phi) is 8.34. The van der Waals surface area contributed by atoms with Crippen LogP contribution >= 0.6 is 46.3 Å². The first-order valence-corrected chi connectivity index (χ1v) is 13.0. The molecule has 29 heavy (non-hydrogen) atoms. The maximum absolute atomic E-state index is 12.8. The molecule has 1 heterocycles. The van der Waals surface area contributed by atoms with Crippen molar-refractivity contribution in [1.29, 1.82) is 0 Å². The first kappa shape index (κ1) is 24.4. The Morgan fingerprint density at radius 3 is 2.55 bits per heavy atom. The van der Waals surface area contributed by atoms with E-state index in [-0.39, 0.29) is 26.8 Å². The van der Waals surface area contributed by atoms with Crippen molar-refractivity contribution >= 4 is 67.4 Å². The fourth-order valence-electron chi connectivity index (χ4n) is 2.18. The van der Waals surface area contributed by atoms with E-state index in [1.54, 1.807) is 0 Å². The van der Waals surface area contributed by atoms with Gasteiger partial charge in [0.15, 0.2) is 0 Å². The number of halogens is 2. The first-order chi connectivity index (χ1) is 13.4. The molecular formula is C17H22Cl2N4O3S3. The molecule has 0 fully saturated rings. The molecule has 1 unspecified atom stereocenters. The van der Waals surface area contributed by atoms with Crippen LogP contribution in [0.3, 0.4) is 0 Å². The highest BCUT2D eigenvalue weighted by molar-refractivity contribution is 7.98. The molecule has 2 aromatic rings. The van der Waals surface area contributed by atoms with Gasteiger partial charge in [-0.1, -0.05) is 55.3 Å². The number of hydrogen-bond acceptors (Lipinski definition) is 7. The van der Waals surface area contributed by atoms with Gasteiger partial charge in [0.2, 0.25) is 21.1 Å². The van der Waals surface area contributed by atoms with Crippen molar-refractivity contribution in [3.05, 3.63) is 33.3 Å². The van der Waals surface area contributed by atoms with E-state index in [1.165, 1.54) is 41.3 Å². The average molecular weight is 497 g/mol. The van der Waals surface area contributed by atoms with Crippen LogP contribution in [0.5, 0.6) is 0 Å². The summed E-state index contributed by atoms with van der Waals surface area (Å²) in [5.41, 5.74) is -0.205. The number of carbonyl (C=O) groups excluding carboxylic acids is 1. The molecule has 12 heteroatoms. The average Bonchev–Trinajstić information content (AvgIpc) is 3.09. The van der Waals surface area contributed by atoms with E-state index in [9.17, 15) is 13.2 Å². The molecule has 160 valence electrons. The Labute approximate surface area is 189 Å². The minimum Gasteiger partial charge on any atom is -0.299 e. The number of amides is 1. The number of nitrogens with zero attached hydrogens (tertiary/aromatic N) is 2. The van der Waals surface area contributed by atoms with Crippen LogP contribution in [0.2, 0.25) is 10.0 Å². The zero-order chi connectivity index (χ0) is 21.8. The highest BCUT2D eigenvalue weighted by Gasteiger charge is 2.28. The van der Waals surface area contributed by atoms with Crippen molar-refractivity contribution in [2.24, 2.45) is 0 Å². The van der Waals surface area contributed by atoms with Crippen molar-refractivity contribution in [2.75, 3.05) is 17.3 Å². The number of benzene rings is 1. The van der Waals surface area contributed by atoms with Gasteiger partial charge in [-0.25, -0.2) is 8.42 Å². The Balaban J connectivity index is 2.23. The van der Waals surface area contributed by atoms with Gasteiger partial charge in [-0.2, -0.15) is 16.5 Å². The summed E-state index contributed by atoms with van der Waals surface area (Å²) in [4.78, 5) is 12.6. The Morgan fingerprint density at radius 1 is 1.28 bits per heavy atom. The van der Waals surface area contributed by atoms with Crippen LogP contribution in [0.15, 0.2) is 23.1 Å². The Hall–Kier alpha value is -0.910. The lowest BCUT2D eigenvalue weighted by molar-refractivity contribution is -0.117. The number of hydrogen-bond donors (Lipinski definition) is 2. The summed E-state index contributed by atoms with van der Waals surface area (Å²) in [6.07, 6.45) is 2.16. The van der Waals surface area contributed by atoms with Gasteiger partial charge < -0.3 is 0 Å². The lowest BCUT2D eigenvalue weighted by Crippen LogP contribution is -2.44. The highest BCUT2D eigenvalue weighted by atomic mass is 35.5. The topological polar surface area (TPSA) is 101 Å². The molecule has 1 amide bonds. The molecule has 0 bridgehead atoms. The lowest BCUT2D eigenvalue weighted by atomic mass is 9.98. The van der Waals surface area contributed by atoms with Crippen LogP contribution in [0.1, 0.15) is 32.2 Å². The second kappa shape index (κ2) is 9.93. The van der Waals surface area contributed by atoms with Gasteiger partial charge in [0.25, 0.3) is 0 Å². The molecule has 2 N–H and O–H groups in total. The van der Waals surface area contributed by atoms with E-state index >= 15 is 0 Å². The normalized spacial score (nSPS) is 13.3. The largest absolute Gasteiger partial charge is 0.299 e. The highest BCUT2D eigenvalue weighted by Crippen LogP contribution is 2.28. The second-order valence-corrected chi connectivity index (χ2v) is 11.7. The van der Waals surface area contributed by atoms with E-state index in [1.807, 2.05) is 27.0 Å². The van der Waals surface area contributed by atoms with Gasteiger partial charge in [-0.3, -0.25) is 10.1 Å². The molecule has 0 saturated heterocycles. The quantitative estimate of drug-likeness (QED) is 0.568. The van der Waals surface area contributed by atoms with Gasteiger partial charge in [0.05, 0.1) is 5.02 Å². The number of carbonyl (C=O) groups is 1. The Morgan fingerprint density at radius 2 is 1.97 bits per heavy atom. The molecule has 1 aromatic carbocycles. The zero-order valence-corrected chi connectivity index (χ0v) is 20.3. The molecule has 0 aliphatic rings. The van der Waals surface area contributed by atoms with Crippen LogP contribution in [-0.4, -0.2) is 42.6 Å². The molecular weight excluding hydrogens is 475 g/mol. The van der Waals surface area contributed by atoms with Crippen molar-refractivity contribution in [1.82, 2.24) is 14.9 Å². The molecule has 0 saturated carbocycles. The van der Waals surface area contributed by atoms with E-state index in [4.69, 9.17) is 23.2 Å². The third-order valence-corrected chi connectivity index (χ3v) is 7.80. The summed E-state index contributed by atoms with van der Waals surface area (Å²) in [6.45, 7) is 5.97. The zero-order valence-electron chi connectivity index (χ0n) is 16.3. The maximum atomic E-state index is 12.8. The maximum Gasteiger partial charge on any atom is 0.244 e. The van der Waals surface area contributed by atoms with Crippen molar-refractivity contribution in [2.45, 2.75) is 43.5 Å². The van der Waals surface area contributed by atoms with Crippen molar-refractivity contribution < 1.29 is 13.2 Å². The number of nitrogens with one attached hydrogen (secondary N) is 2. The van der Waals surface area contributed by atoms with Crippen molar-refractivity contribution in [3.8, 4) is 0 Å². The monoisotopic (exact) mass is 496 g/mol. The molecule has 0 aliphatic carbocycles. The van der Waals surface area contributed by atoms with E-state index < -0.39 is 22.0 Å². The van der Waals surface area contributed by atoms with Gasteiger partial charge >= 0.3 is 0 Å². The number of sulfonamides is 1. The number of aromatic nitrogens is 2. The van der Waals surface area contributed by atoms with Crippen LogP contribution in [-0.2, 0) is 20.2 Å². The van der Waals surface area contributed by atoms with E-state index in [0.717, 1.165) is 5.01 Å². The number of thioether (sulfide) groups is 1. The summed E-state index contributed by atoms with van der Waals surface area (Å²) in [5.74, 6) is 0.0603. The van der Waals surface area contributed by atoms with E-state index in [2.05, 4.69) is 20.2 Å². The molecule has 7 nitrogen and oxygen atoms in total. The van der Waals surface area contributed by atoms with Gasteiger partial charge in [0.1, 0.15) is 15.9 Å². The van der Waals surface area contributed by atoms with Gasteiger partial charge in [-0.05, 0) is 36.6 Å². The minimum absolute atomic E-state index is 0.0184. The molecule has 0 spiro atoms. The van der Waals surface area contributed by atoms with Crippen LogP contribution < -0.4 is 10.0 Å². The summed E-state index contributed by atoms with van der Waals surface area (Å²) < 4.78 is 28.0. The van der Waals surface area contributed by atoms with E-state index in [0.29, 0.717) is 10.9 Å². The van der Waals surface area contributed by atoms with Gasteiger partial charge in [-0.15, -0.1) is 10.2 Å². The predicted octanol–water partition coefficient (Wildman–Crippen LogP) is 4.18. The van der Waals surface area contributed by atoms with Crippen LogP contribution in [0, 0.1) is 0 Å². The van der Waals surface area contributed by atoms with Crippen molar-refractivity contribution in [3.63, 3.8) is 0 Å². The molecule has 0 radical (unpaired) electrons. The third-order valence-electron chi connectivity index (χ3n) is 3.70. The van der Waals surface area contributed by atoms with Crippen LogP contribution in [0.4, 0.5) is 5.13 Å². The molecule has 2 rings (SSSR count). The lowest BCUT2D eigenvalue weighted by Gasteiger charge is -2.18. The first-order valence-electron chi connectivity index (χ1n) is 8.55. The molecule has 1 atom stereocenters. The van der Waals surface area contributed by atoms with Gasteiger partial charge in [0, 0.05) is 10.4 Å². The van der Waals surface area contributed by atoms with Crippen LogP contribution in [0.25, 0.3) is 0 Å². The second-order valence-electron chi connectivity index (χ2n) is 7.18. The summed E-state index contributed by atoms with van der Waals surface area (Å²) in [6, 6.07) is 3.12. The molecule has 0 aliphatic heterocycles. The fourth-order valence-corrected chi connectivity index (χ4v) is 5.45. The smallest absolute Gasteiger partial charge is 0.244 e. The fraction of sp³-hybridized carbons (Fsp3) is 0.471. The standard InChI is InChI=1S/C17H22Cl2N4O3S3/c1-17(2,3)15-21-22-16(28-15)20-14(24)12(7-8-27-4)23-29(25,26)13-9-10(18)5-6-11(13)19/h5-6,9,12,23H,7-8H2,1-4H3,(H,20,22,24). The summed E-state index contributed by atoms with van der Waals surface area (Å²) in [5, 5.41) is 12.0. The Bertz CT molecular complexity index is 975. The predicted molar refractivity (Wildman–Crippen MR) is 121 cm³/mol. The minimum atomic E-state index is -4.07. The number of rotatable bonds is 8.